The summed E-state index contributed by atoms with van der Waals surface area (Å²) in [7, 11) is 3.09. The minimum atomic E-state index is 0.358. The summed E-state index contributed by atoms with van der Waals surface area (Å²) >= 11 is 0. The van der Waals surface area contributed by atoms with Crippen LogP contribution < -0.4 is 5.73 Å². The third-order valence-corrected chi connectivity index (χ3v) is 1.37. The van der Waals surface area contributed by atoms with Crippen LogP contribution in [0.1, 0.15) is 0 Å². The van der Waals surface area contributed by atoms with Gasteiger partial charge in [0.2, 0.25) is 0 Å². The fourth-order valence-electron chi connectivity index (χ4n) is 0.611. The lowest BCUT2D eigenvalue weighted by Gasteiger charge is -2.07. The van der Waals surface area contributed by atoms with Crippen molar-refractivity contribution in [1.82, 2.24) is 0 Å². The SMILES string of the molecule is C=C(/C=C(/OC)C(=C)CN)OC. The van der Waals surface area contributed by atoms with Crippen molar-refractivity contribution in [2.24, 2.45) is 5.73 Å². The number of nitrogens with two attached hydrogens (primary N) is 1. The van der Waals surface area contributed by atoms with Crippen LogP contribution in [0, 0.1) is 0 Å². The van der Waals surface area contributed by atoms with E-state index >= 15 is 0 Å². The van der Waals surface area contributed by atoms with Crippen LogP contribution in [-0.2, 0) is 9.47 Å². The van der Waals surface area contributed by atoms with Crippen molar-refractivity contribution in [3.05, 3.63) is 36.3 Å². The first-order chi connectivity index (χ1) is 5.65. The predicted molar refractivity (Wildman–Crippen MR) is 49.4 cm³/mol. The second-order valence-electron chi connectivity index (χ2n) is 2.19. The quantitative estimate of drug-likeness (QED) is 0.496. The Kier molecular flexibility index (Phi) is 4.88. The van der Waals surface area contributed by atoms with E-state index in [-0.39, 0.29) is 0 Å². The van der Waals surface area contributed by atoms with Gasteiger partial charge in [0.1, 0.15) is 11.5 Å². The van der Waals surface area contributed by atoms with Crippen LogP contribution in [-0.4, -0.2) is 20.8 Å². The Bertz CT molecular complexity index is 207. The molecule has 0 aliphatic carbocycles. The van der Waals surface area contributed by atoms with Gasteiger partial charge in [-0.05, 0) is 0 Å². The van der Waals surface area contributed by atoms with Crippen LogP contribution in [0.3, 0.4) is 0 Å². The summed E-state index contributed by atoms with van der Waals surface area (Å²) in [5, 5.41) is 0. The van der Waals surface area contributed by atoms with Crippen molar-refractivity contribution in [3.8, 4) is 0 Å². The van der Waals surface area contributed by atoms with Crippen molar-refractivity contribution >= 4 is 0 Å². The second kappa shape index (κ2) is 5.43. The van der Waals surface area contributed by atoms with Gasteiger partial charge < -0.3 is 15.2 Å². The maximum absolute atomic E-state index is 5.37. The molecular weight excluding hydrogens is 154 g/mol. The van der Waals surface area contributed by atoms with Crippen molar-refractivity contribution in [2.75, 3.05) is 20.8 Å². The Morgan fingerprint density at radius 2 is 1.92 bits per heavy atom. The van der Waals surface area contributed by atoms with Gasteiger partial charge in [0.25, 0.3) is 0 Å². The molecular formula is C9H15NO2. The Balaban J connectivity index is 4.43. The van der Waals surface area contributed by atoms with Crippen LogP contribution in [0.5, 0.6) is 0 Å². The van der Waals surface area contributed by atoms with Crippen LogP contribution in [0.4, 0.5) is 0 Å². The van der Waals surface area contributed by atoms with Gasteiger partial charge >= 0.3 is 0 Å². The molecule has 0 aromatic rings. The molecule has 0 aliphatic rings. The Morgan fingerprint density at radius 1 is 1.33 bits per heavy atom. The zero-order valence-electron chi connectivity index (χ0n) is 7.59. The Hall–Kier alpha value is -1.22. The molecule has 0 aromatic heterocycles. The van der Waals surface area contributed by atoms with E-state index in [1.165, 1.54) is 7.11 Å². The highest BCUT2D eigenvalue weighted by atomic mass is 16.5. The summed E-state index contributed by atoms with van der Waals surface area (Å²) in [5.74, 6) is 1.12. The standard InChI is InChI=1S/C9H15NO2/c1-7(6-10)9(12-4)5-8(2)11-3/h5H,1-2,6,10H2,3-4H3/b9-5+. The molecule has 12 heavy (non-hydrogen) atoms. The van der Waals surface area contributed by atoms with Crippen LogP contribution >= 0.6 is 0 Å². The molecule has 0 aliphatic heterocycles. The summed E-state index contributed by atoms with van der Waals surface area (Å²) in [4.78, 5) is 0. The van der Waals surface area contributed by atoms with Crippen LogP contribution in [0.25, 0.3) is 0 Å². The number of ether oxygens (including phenoxy) is 2. The zero-order valence-corrected chi connectivity index (χ0v) is 7.59. The highest BCUT2D eigenvalue weighted by Gasteiger charge is 2.00. The molecule has 2 N–H and O–H groups in total. The summed E-state index contributed by atoms with van der Waals surface area (Å²) in [6.07, 6.45) is 1.65. The molecule has 0 bridgehead atoms. The predicted octanol–water partition coefficient (Wildman–Crippen LogP) is 1.19. The molecule has 0 heterocycles. The number of rotatable bonds is 5. The third kappa shape index (κ3) is 3.25. The molecule has 0 spiro atoms. The fraction of sp³-hybridized carbons (Fsp3) is 0.333. The summed E-state index contributed by atoms with van der Waals surface area (Å²) in [5.41, 5.74) is 6.09. The maximum Gasteiger partial charge on any atom is 0.126 e. The smallest absolute Gasteiger partial charge is 0.126 e. The van der Waals surface area contributed by atoms with Crippen LogP contribution in [0.2, 0.25) is 0 Å². The molecule has 0 unspecified atom stereocenters. The highest BCUT2D eigenvalue weighted by molar-refractivity contribution is 5.28. The lowest BCUT2D eigenvalue weighted by molar-refractivity contribution is 0.282. The van der Waals surface area contributed by atoms with Crippen molar-refractivity contribution < 1.29 is 9.47 Å². The fourth-order valence-corrected chi connectivity index (χ4v) is 0.611. The van der Waals surface area contributed by atoms with Crippen molar-refractivity contribution in [2.45, 2.75) is 0 Å². The second-order valence-corrected chi connectivity index (χ2v) is 2.19. The molecule has 0 radical (unpaired) electrons. The lowest BCUT2D eigenvalue weighted by atomic mass is 10.2. The summed E-state index contributed by atoms with van der Waals surface area (Å²) < 4.78 is 9.86. The molecule has 0 rings (SSSR count). The minimum Gasteiger partial charge on any atom is -0.497 e. The molecule has 0 fully saturated rings. The van der Waals surface area contributed by atoms with E-state index in [4.69, 9.17) is 15.2 Å². The van der Waals surface area contributed by atoms with E-state index in [0.717, 1.165) is 5.57 Å². The first kappa shape index (κ1) is 10.8. The normalized spacial score (nSPS) is 10.8. The molecule has 0 aromatic carbocycles. The van der Waals surface area contributed by atoms with E-state index in [1.807, 2.05) is 0 Å². The highest BCUT2D eigenvalue weighted by Crippen LogP contribution is 2.09. The summed E-state index contributed by atoms with van der Waals surface area (Å²) in [6.45, 7) is 7.69. The van der Waals surface area contributed by atoms with Gasteiger partial charge in [-0.2, -0.15) is 0 Å². The molecule has 0 saturated heterocycles. The van der Waals surface area contributed by atoms with Gasteiger partial charge in [0, 0.05) is 18.2 Å². The van der Waals surface area contributed by atoms with Crippen LogP contribution in [0.15, 0.2) is 36.3 Å². The molecule has 0 atom stereocenters. The number of allylic oxidation sites excluding steroid dienone is 1. The summed E-state index contributed by atoms with van der Waals surface area (Å²) in [6, 6.07) is 0. The van der Waals surface area contributed by atoms with Gasteiger partial charge in [-0.3, -0.25) is 0 Å². The average molecular weight is 169 g/mol. The van der Waals surface area contributed by atoms with Gasteiger partial charge in [0.05, 0.1) is 14.2 Å². The molecule has 0 amide bonds. The van der Waals surface area contributed by atoms with E-state index < -0.39 is 0 Å². The van der Waals surface area contributed by atoms with Gasteiger partial charge in [-0.15, -0.1) is 0 Å². The topological polar surface area (TPSA) is 44.5 Å². The van der Waals surface area contributed by atoms with E-state index in [2.05, 4.69) is 13.2 Å². The van der Waals surface area contributed by atoms with E-state index in [9.17, 15) is 0 Å². The third-order valence-electron chi connectivity index (χ3n) is 1.37. The maximum atomic E-state index is 5.37. The molecule has 0 saturated carbocycles. The Morgan fingerprint density at radius 3 is 2.25 bits per heavy atom. The number of hydrogen-bond donors (Lipinski definition) is 1. The number of hydrogen-bond acceptors (Lipinski definition) is 3. The van der Waals surface area contributed by atoms with Crippen molar-refractivity contribution in [3.63, 3.8) is 0 Å². The van der Waals surface area contributed by atoms with Gasteiger partial charge in [-0.25, -0.2) is 0 Å². The van der Waals surface area contributed by atoms with E-state index in [0.29, 0.717) is 18.1 Å². The van der Waals surface area contributed by atoms with Crippen molar-refractivity contribution in [1.29, 1.82) is 0 Å². The Labute approximate surface area is 73.2 Å². The first-order valence-corrected chi connectivity index (χ1v) is 3.52. The minimum absolute atomic E-state index is 0.358. The molecule has 68 valence electrons. The molecule has 3 nitrogen and oxygen atoms in total. The zero-order chi connectivity index (χ0) is 9.56. The monoisotopic (exact) mass is 169 g/mol. The largest absolute Gasteiger partial charge is 0.497 e. The van der Waals surface area contributed by atoms with Gasteiger partial charge in [0.15, 0.2) is 0 Å². The van der Waals surface area contributed by atoms with E-state index in [1.54, 1.807) is 13.2 Å². The number of methoxy groups -OCH3 is 2. The van der Waals surface area contributed by atoms with Gasteiger partial charge in [-0.1, -0.05) is 13.2 Å². The lowest BCUT2D eigenvalue weighted by Crippen LogP contribution is -2.05. The first-order valence-electron chi connectivity index (χ1n) is 3.52. The molecule has 3 heteroatoms. The average Bonchev–Trinajstić information content (AvgIpc) is 2.12.